The molecule has 0 unspecified atom stereocenters. The average molecular weight is 444 g/mol. The van der Waals surface area contributed by atoms with Gasteiger partial charge in [0.25, 0.3) is 5.56 Å². The molecule has 0 fully saturated rings. The van der Waals surface area contributed by atoms with Crippen molar-refractivity contribution in [1.29, 1.82) is 0 Å². The summed E-state index contributed by atoms with van der Waals surface area (Å²) < 4.78 is 19.0. The first kappa shape index (κ1) is 23.1. The summed E-state index contributed by atoms with van der Waals surface area (Å²) in [6.07, 6.45) is 2.21. The Hall–Kier alpha value is -3.56. The van der Waals surface area contributed by atoms with Gasteiger partial charge < -0.3 is 18.8 Å². The lowest BCUT2D eigenvalue weighted by molar-refractivity contribution is -0.145. The lowest BCUT2D eigenvalue weighted by Crippen LogP contribution is -2.31. The van der Waals surface area contributed by atoms with Gasteiger partial charge in [-0.1, -0.05) is 25.5 Å². The number of carbonyl (C=O) groups excluding carboxylic acids is 1. The van der Waals surface area contributed by atoms with Crippen molar-refractivity contribution in [3.05, 3.63) is 50.4 Å². The molecule has 172 valence electrons. The number of esters is 1. The van der Waals surface area contributed by atoms with Gasteiger partial charge in [0.1, 0.15) is 12.4 Å². The van der Waals surface area contributed by atoms with Crippen LogP contribution in [0.4, 0.5) is 0 Å². The number of ether oxygens (including phenoxy) is 3. The number of nitrogens with zero attached hydrogens (tertiary/aromatic N) is 3. The fraction of sp³-hybridized carbons (Fsp3) is 0.455. The van der Waals surface area contributed by atoms with E-state index in [0.717, 1.165) is 18.4 Å². The van der Waals surface area contributed by atoms with E-state index in [0.29, 0.717) is 35.9 Å². The third kappa shape index (κ3) is 4.68. The topological polar surface area (TPSA) is 117 Å². The molecule has 2 aromatic heterocycles. The Morgan fingerprint density at radius 3 is 2.66 bits per heavy atom. The Bertz CT molecular complexity index is 1220. The third-order valence-electron chi connectivity index (χ3n) is 5.29. The van der Waals surface area contributed by atoms with Crippen LogP contribution >= 0.6 is 0 Å². The Kier molecular flexibility index (Phi) is 7.34. The van der Waals surface area contributed by atoms with E-state index in [1.54, 1.807) is 31.9 Å². The second kappa shape index (κ2) is 10.2. The number of imidazole rings is 1. The maximum absolute atomic E-state index is 12.3. The maximum Gasteiger partial charge on any atom is 0.330 e. The normalized spacial score (nSPS) is 11.0. The minimum atomic E-state index is -0.518. The van der Waals surface area contributed by atoms with E-state index >= 15 is 0 Å². The average Bonchev–Trinajstić information content (AvgIpc) is 3.12. The van der Waals surface area contributed by atoms with Crippen LogP contribution in [0.2, 0.25) is 0 Å². The summed E-state index contributed by atoms with van der Waals surface area (Å²) >= 11 is 0. The van der Waals surface area contributed by atoms with Gasteiger partial charge in [0.2, 0.25) is 0 Å². The molecule has 0 atom stereocenters. The number of fused-ring (bicyclic) bond motifs is 1. The number of H-pyrrole nitrogens is 1. The Morgan fingerprint density at radius 2 is 1.97 bits per heavy atom. The molecule has 0 aliphatic carbocycles. The molecule has 3 rings (SSSR count). The lowest BCUT2D eigenvalue weighted by Gasteiger charge is -2.12. The summed E-state index contributed by atoms with van der Waals surface area (Å²) in [4.78, 5) is 43.6. The summed E-state index contributed by atoms with van der Waals surface area (Å²) in [5, 5.41) is 0. The van der Waals surface area contributed by atoms with E-state index in [2.05, 4.69) is 9.97 Å². The van der Waals surface area contributed by atoms with E-state index in [-0.39, 0.29) is 18.5 Å². The summed E-state index contributed by atoms with van der Waals surface area (Å²) in [6, 6.07) is 5.48. The van der Waals surface area contributed by atoms with Crippen molar-refractivity contribution in [3.63, 3.8) is 0 Å². The first-order valence-corrected chi connectivity index (χ1v) is 10.4. The van der Waals surface area contributed by atoms with Crippen molar-refractivity contribution in [2.75, 3.05) is 14.2 Å². The molecule has 1 aromatic carbocycles. The zero-order valence-corrected chi connectivity index (χ0v) is 18.8. The molecule has 0 saturated heterocycles. The number of hydrogen-bond donors (Lipinski definition) is 1. The Labute approximate surface area is 184 Å². The number of carbonyl (C=O) groups is 1. The van der Waals surface area contributed by atoms with Gasteiger partial charge in [-0.2, -0.15) is 0 Å². The molecule has 0 bridgehead atoms. The Balaban J connectivity index is 1.73. The SMILES string of the molecule is CCCCn1c(=O)[nH]c(=O)c2c1nc(COC(=O)CCc1cccc(OC)c1OC)n2C. The van der Waals surface area contributed by atoms with Gasteiger partial charge in [0, 0.05) is 20.0 Å². The van der Waals surface area contributed by atoms with Gasteiger partial charge in [-0.25, -0.2) is 9.78 Å². The van der Waals surface area contributed by atoms with Crippen molar-refractivity contribution in [2.45, 2.75) is 45.8 Å². The van der Waals surface area contributed by atoms with Gasteiger partial charge in [-0.3, -0.25) is 19.1 Å². The molecule has 0 aliphatic heterocycles. The van der Waals surface area contributed by atoms with Crippen LogP contribution in [0.1, 0.15) is 37.6 Å². The molecule has 0 spiro atoms. The van der Waals surface area contributed by atoms with Gasteiger partial charge in [-0.05, 0) is 24.5 Å². The van der Waals surface area contributed by atoms with Gasteiger partial charge in [0.15, 0.2) is 22.7 Å². The summed E-state index contributed by atoms with van der Waals surface area (Å²) in [6.45, 7) is 2.35. The smallest absolute Gasteiger partial charge is 0.330 e. The molecule has 2 heterocycles. The minimum Gasteiger partial charge on any atom is -0.493 e. The van der Waals surface area contributed by atoms with Crippen LogP contribution in [0.5, 0.6) is 11.5 Å². The number of benzene rings is 1. The highest BCUT2D eigenvalue weighted by Gasteiger charge is 2.18. The molecule has 10 nitrogen and oxygen atoms in total. The van der Waals surface area contributed by atoms with E-state index in [1.165, 1.54) is 4.57 Å². The minimum absolute atomic E-state index is 0.110. The molecule has 1 N–H and O–H groups in total. The highest BCUT2D eigenvalue weighted by atomic mass is 16.5. The number of aryl methyl sites for hydroxylation is 3. The molecular formula is C22H28N4O6. The van der Waals surface area contributed by atoms with Crippen LogP contribution in [0, 0.1) is 0 Å². The number of para-hydroxylation sites is 1. The van der Waals surface area contributed by atoms with E-state index < -0.39 is 17.2 Å². The first-order chi connectivity index (χ1) is 15.4. The predicted molar refractivity (Wildman–Crippen MR) is 118 cm³/mol. The van der Waals surface area contributed by atoms with E-state index in [4.69, 9.17) is 14.2 Å². The first-order valence-electron chi connectivity index (χ1n) is 10.4. The van der Waals surface area contributed by atoms with Crippen LogP contribution in [0.3, 0.4) is 0 Å². The highest BCUT2D eigenvalue weighted by Crippen LogP contribution is 2.31. The van der Waals surface area contributed by atoms with Crippen LogP contribution in [-0.2, 0) is 36.2 Å². The zero-order chi connectivity index (χ0) is 23.3. The third-order valence-corrected chi connectivity index (χ3v) is 5.29. The van der Waals surface area contributed by atoms with Crippen molar-refractivity contribution in [1.82, 2.24) is 19.1 Å². The summed E-state index contributed by atoms with van der Waals surface area (Å²) in [5.74, 6) is 1.15. The second-order valence-electron chi connectivity index (χ2n) is 7.34. The fourth-order valence-electron chi connectivity index (χ4n) is 3.55. The molecule has 32 heavy (non-hydrogen) atoms. The highest BCUT2D eigenvalue weighted by molar-refractivity contribution is 5.72. The number of aromatic amines is 1. The quantitative estimate of drug-likeness (QED) is 0.475. The number of rotatable bonds is 10. The molecule has 0 radical (unpaired) electrons. The number of methoxy groups -OCH3 is 2. The van der Waals surface area contributed by atoms with Crippen molar-refractivity contribution in [2.24, 2.45) is 7.05 Å². The fourth-order valence-corrected chi connectivity index (χ4v) is 3.55. The Morgan fingerprint density at radius 1 is 1.19 bits per heavy atom. The second-order valence-corrected chi connectivity index (χ2v) is 7.34. The standard InChI is InChI=1S/C22H28N4O6/c1-5-6-12-26-20-18(21(28)24-22(26)29)25(2)16(23-20)13-32-17(27)11-10-14-8-7-9-15(30-3)19(14)31-4/h7-9H,5-6,10-13H2,1-4H3,(H,24,28,29). The van der Waals surface area contributed by atoms with Crippen molar-refractivity contribution in [3.8, 4) is 11.5 Å². The van der Waals surface area contributed by atoms with Crippen LogP contribution in [0.15, 0.2) is 27.8 Å². The number of nitrogens with one attached hydrogen (secondary N) is 1. The molecule has 0 aliphatic rings. The van der Waals surface area contributed by atoms with Gasteiger partial charge >= 0.3 is 11.7 Å². The monoisotopic (exact) mass is 444 g/mol. The van der Waals surface area contributed by atoms with Crippen molar-refractivity contribution < 1.29 is 19.0 Å². The molecule has 3 aromatic rings. The largest absolute Gasteiger partial charge is 0.493 e. The molecule has 0 amide bonds. The van der Waals surface area contributed by atoms with Gasteiger partial charge in [0.05, 0.1) is 14.2 Å². The summed E-state index contributed by atoms with van der Waals surface area (Å²) in [7, 11) is 4.76. The molecule has 10 heteroatoms. The van der Waals surface area contributed by atoms with Crippen molar-refractivity contribution >= 4 is 17.1 Å². The predicted octanol–water partition coefficient (Wildman–Crippen LogP) is 1.92. The number of hydrogen-bond acceptors (Lipinski definition) is 7. The molecular weight excluding hydrogens is 416 g/mol. The molecule has 0 saturated carbocycles. The van der Waals surface area contributed by atoms with E-state index in [9.17, 15) is 14.4 Å². The maximum atomic E-state index is 12.3. The summed E-state index contributed by atoms with van der Waals surface area (Å²) in [5.41, 5.74) is 0.382. The van der Waals surface area contributed by atoms with Gasteiger partial charge in [-0.15, -0.1) is 0 Å². The van der Waals surface area contributed by atoms with Crippen LogP contribution in [0.25, 0.3) is 11.2 Å². The zero-order valence-electron chi connectivity index (χ0n) is 18.8. The van der Waals surface area contributed by atoms with Crippen LogP contribution in [-0.4, -0.2) is 39.3 Å². The van der Waals surface area contributed by atoms with Crippen LogP contribution < -0.4 is 20.7 Å². The number of aromatic nitrogens is 4. The number of unbranched alkanes of at least 4 members (excludes halogenated alkanes) is 1. The van der Waals surface area contributed by atoms with E-state index in [1.807, 2.05) is 19.1 Å². The lowest BCUT2D eigenvalue weighted by atomic mass is 10.1.